The molecule has 5 N–H and O–H groups in total. The number of thiazole rings is 1. The summed E-state index contributed by atoms with van der Waals surface area (Å²) in [4.78, 5) is 4.67. The lowest BCUT2D eigenvalue weighted by molar-refractivity contribution is 0.538. The first-order chi connectivity index (χ1) is 13.1. The van der Waals surface area contributed by atoms with Crippen molar-refractivity contribution in [3.8, 4) is 11.3 Å². The van der Waals surface area contributed by atoms with Gasteiger partial charge in [0.15, 0.2) is 5.13 Å². The minimum absolute atomic E-state index is 0.0861. The van der Waals surface area contributed by atoms with Crippen LogP contribution in [0, 0.1) is 13.8 Å². The van der Waals surface area contributed by atoms with Crippen LogP contribution in [-0.2, 0) is 21.3 Å². The number of nitrogens with two attached hydrogens (primary N) is 2. The third-order valence-corrected chi connectivity index (χ3v) is 5.43. The van der Waals surface area contributed by atoms with Crippen LogP contribution in [0.25, 0.3) is 11.3 Å². The largest absolute Gasteiger partial charge is 0.760 e. The summed E-state index contributed by atoms with van der Waals surface area (Å²) in [5.74, 6) is 0. The predicted molar refractivity (Wildman–Crippen MR) is 111 cm³/mol. The van der Waals surface area contributed by atoms with Crippen molar-refractivity contribution in [1.82, 2.24) is 4.98 Å². The van der Waals surface area contributed by atoms with E-state index in [-0.39, 0.29) is 4.90 Å². The number of hydrogen-bond acceptors (Lipinski definition) is 7. The standard InChI is InChI=1S/C17H17N3O2S2.H3NO2S/c1-11-3-4-13(9-12(11)2)16-10-23-17(20-16)19-14-5-7-15(8-6-14)24(18,21)22;1-4(2)3/h3-10H,1-2H3,(H,19,20)(H2,18,21,22);1H2,(H,2,3)/p-1. The second-order valence-corrected chi connectivity index (χ2v) is 8.73. The van der Waals surface area contributed by atoms with Gasteiger partial charge in [0.05, 0.1) is 10.6 Å². The molecular formula is C17H19N4O4S3-. The van der Waals surface area contributed by atoms with Crippen LogP contribution in [0.1, 0.15) is 11.1 Å². The van der Waals surface area contributed by atoms with E-state index in [9.17, 15) is 8.42 Å². The molecule has 1 atom stereocenters. The van der Waals surface area contributed by atoms with Gasteiger partial charge in [0, 0.05) is 27.9 Å². The number of anilines is 2. The van der Waals surface area contributed by atoms with Gasteiger partial charge in [-0.05, 0) is 55.3 Å². The maximum absolute atomic E-state index is 11.3. The maximum Gasteiger partial charge on any atom is 0.238 e. The molecule has 8 nitrogen and oxygen atoms in total. The Morgan fingerprint density at radius 2 is 1.71 bits per heavy atom. The number of hydrogen-bond donors (Lipinski definition) is 3. The van der Waals surface area contributed by atoms with E-state index in [1.54, 1.807) is 12.1 Å². The molecular weight excluding hydrogens is 420 g/mol. The van der Waals surface area contributed by atoms with Crippen LogP contribution in [0.3, 0.4) is 0 Å². The minimum Gasteiger partial charge on any atom is -0.760 e. The quantitative estimate of drug-likeness (QED) is 0.531. The van der Waals surface area contributed by atoms with Gasteiger partial charge >= 0.3 is 0 Å². The van der Waals surface area contributed by atoms with Crippen molar-refractivity contribution >= 4 is 43.4 Å². The van der Waals surface area contributed by atoms with Gasteiger partial charge in [-0.1, -0.05) is 12.1 Å². The van der Waals surface area contributed by atoms with Gasteiger partial charge in [-0.3, -0.25) is 9.35 Å². The molecule has 150 valence electrons. The number of primary sulfonamides is 1. The number of nitrogens with zero attached hydrogens (tertiary/aromatic N) is 1. The molecule has 2 aromatic carbocycles. The first-order valence-corrected chi connectivity index (χ1v) is 11.4. The van der Waals surface area contributed by atoms with Crippen LogP contribution in [-0.4, -0.2) is 22.2 Å². The summed E-state index contributed by atoms with van der Waals surface area (Å²) < 4.78 is 40.1. The molecule has 1 unspecified atom stereocenters. The molecule has 0 saturated carbocycles. The molecule has 28 heavy (non-hydrogen) atoms. The second-order valence-electron chi connectivity index (χ2n) is 5.79. The van der Waals surface area contributed by atoms with Gasteiger partial charge < -0.3 is 9.87 Å². The molecule has 0 aliphatic rings. The summed E-state index contributed by atoms with van der Waals surface area (Å²) in [6, 6.07) is 12.5. The lowest BCUT2D eigenvalue weighted by Gasteiger charge is -2.04. The Bertz CT molecular complexity index is 1080. The Morgan fingerprint density at radius 3 is 2.25 bits per heavy atom. The molecule has 0 spiro atoms. The highest BCUT2D eigenvalue weighted by molar-refractivity contribution is 7.89. The first kappa shape index (κ1) is 22.1. The Morgan fingerprint density at radius 1 is 1.11 bits per heavy atom. The molecule has 11 heteroatoms. The lowest BCUT2D eigenvalue weighted by atomic mass is 10.1. The van der Waals surface area contributed by atoms with Crippen molar-refractivity contribution in [2.45, 2.75) is 18.7 Å². The molecule has 0 saturated heterocycles. The van der Waals surface area contributed by atoms with Crippen LogP contribution in [0.4, 0.5) is 10.8 Å². The minimum atomic E-state index is -3.67. The van der Waals surface area contributed by atoms with Gasteiger partial charge in [0.25, 0.3) is 0 Å². The van der Waals surface area contributed by atoms with Crippen molar-refractivity contribution in [3.05, 3.63) is 59.0 Å². The zero-order chi connectivity index (χ0) is 20.9. The van der Waals surface area contributed by atoms with Crippen LogP contribution >= 0.6 is 11.3 Å². The maximum atomic E-state index is 11.3. The Kier molecular flexibility index (Phi) is 7.41. The number of aromatic nitrogens is 1. The van der Waals surface area contributed by atoms with Crippen LogP contribution in [0.15, 0.2) is 52.7 Å². The van der Waals surface area contributed by atoms with Gasteiger partial charge in [-0.15, -0.1) is 11.3 Å². The molecule has 0 radical (unpaired) electrons. The van der Waals surface area contributed by atoms with Crippen molar-refractivity contribution in [3.63, 3.8) is 0 Å². The summed E-state index contributed by atoms with van der Waals surface area (Å²) in [5.41, 5.74) is 5.22. The summed E-state index contributed by atoms with van der Waals surface area (Å²) in [6.07, 6.45) is 0. The highest BCUT2D eigenvalue weighted by Gasteiger charge is 2.09. The number of benzene rings is 2. The fraction of sp³-hybridized carbons (Fsp3) is 0.118. The third kappa shape index (κ3) is 6.48. The van der Waals surface area contributed by atoms with Gasteiger partial charge in [0.2, 0.25) is 10.0 Å². The SMILES string of the molecule is Cc1ccc(-c2csc(Nc3ccc(S(N)(=O)=O)cc3)n2)cc1C.NS(=O)[O-]. The van der Waals surface area contributed by atoms with Gasteiger partial charge in [0.1, 0.15) is 0 Å². The van der Waals surface area contributed by atoms with E-state index in [4.69, 9.17) is 13.9 Å². The predicted octanol–water partition coefficient (Wildman–Crippen LogP) is 2.56. The second kappa shape index (κ2) is 9.37. The lowest BCUT2D eigenvalue weighted by Crippen LogP contribution is -2.11. The Labute approximate surface area is 170 Å². The zero-order valence-electron chi connectivity index (χ0n) is 15.1. The van der Waals surface area contributed by atoms with Crippen molar-refractivity contribution < 1.29 is 17.2 Å². The average molecular weight is 440 g/mol. The van der Waals surface area contributed by atoms with Gasteiger partial charge in [-0.2, -0.15) is 0 Å². The highest BCUT2D eigenvalue weighted by Crippen LogP contribution is 2.28. The van der Waals surface area contributed by atoms with E-state index < -0.39 is 21.3 Å². The topological polar surface area (TPSA) is 151 Å². The Hall–Kier alpha value is -2.15. The fourth-order valence-corrected chi connectivity index (χ4v) is 3.47. The van der Waals surface area contributed by atoms with E-state index >= 15 is 0 Å². The van der Waals surface area contributed by atoms with E-state index in [0.717, 1.165) is 22.1 Å². The zero-order valence-corrected chi connectivity index (χ0v) is 17.5. The summed E-state index contributed by atoms with van der Waals surface area (Å²) >= 11 is -0.867. The van der Waals surface area contributed by atoms with E-state index in [2.05, 4.69) is 47.5 Å². The number of aryl methyl sites for hydroxylation is 2. The van der Waals surface area contributed by atoms with Crippen molar-refractivity contribution in [1.29, 1.82) is 0 Å². The van der Waals surface area contributed by atoms with Gasteiger partial charge in [-0.25, -0.2) is 18.5 Å². The molecule has 1 heterocycles. The smallest absolute Gasteiger partial charge is 0.238 e. The number of rotatable bonds is 4. The van der Waals surface area contributed by atoms with Crippen LogP contribution < -0.4 is 15.6 Å². The number of sulfonamides is 1. The molecule has 0 amide bonds. The summed E-state index contributed by atoms with van der Waals surface area (Å²) in [7, 11) is -3.67. The normalized spacial score (nSPS) is 12.0. The Balaban J connectivity index is 0.000000640. The summed E-state index contributed by atoms with van der Waals surface area (Å²) in [6.45, 7) is 4.16. The number of nitrogens with one attached hydrogen (secondary N) is 1. The molecule has 0 bridgehead atoms. The van der Waals surface area contributed by atoms with E-state index in [1.165, 1.54) is 34.6 Å². The van der Waals surface area contributed by atoms with Crippen molar-refractivity contribution in [2.75, 3.05) is 5.32 Å². The monoisotopic (exact) mass is 439 g/mol. The highest BCUT2D eigenvalue weighted by atomic mass is 32.2. The molecule has 1 aromatic heterocycles. The van der Waals surface area contributed by atoms with Crippen molar-refractivity contribution in [2.24, 2.45) is 10.3 Å². The third-order valence-electron chi connectivity index (χ3n) is 3.74. The van der Waals surface area contributed by atoms with Crippen LogP contribution in [0.2, 0.25) is 0 Å². The average Bonchev–Trinajstić information content (AvgIpc) is 3.05. The fourth-order valence-electron chi connectivity index (χ4n) is 2.22. The summed E-state index contributed by atoms with van der Waals surface area (Å²) in [5, 5.41) is 15.0. The van der Waals surface area contributed by atoms with E-state index in [1.807, 2.05) is 5.38 Å². The molecule has 0 aliphatic carbocycles. The molecule has 3 aromatic rings. The van der Waals surface area contributed by atoms with Crippen LogP contribution in [0.5, 0.6) is 0 Å². The molecule has 0 aliphatic heterocycles. The van der Waals surface area contributed by atoms with E-state index in [0.29, 0.717) is 0 Å². The first-order valence-electron chi connectivity index (χ1n) is 7.83. The molecule has 3 rings (SSSR count). The molecule has 0 fully saturated rings.